The van der Waals surface area contributed by atoms with Gasteiger partial charge in [-0.15, -0.1) is 0 Å². The van der Waals surface area contributed by atoms with Gasteiger partial charge in [0.2, 0.25) is 0 Å². The molecule has 0 spiro atoms. The molecule has 67 heavy (non-hydrogen) atoms. The van der Waals surface area contributed by atoms with E-state index in [0.29, 0.717) is 0 Å². The highest BCUT2D eigenvalue weighted by molar-refractivity contribution is 6.54. The number of fused-ring (bicyclic) bond motifs is 5. The first-order valence-corrected chi connectivity index (χ1v) is 24.9. The van der Waals surface area contributed by atoms with E-state index in [1.807, 2.05) is 69.0 Å². The fraction of sp³-hybridized carbons (Fsp3) is 0.455. The molecule has 5 atom stereocenters. The Morgan fingerprint density at radius 3 is 0.910 bits per heavy atom. The van der Waals surface area contributed by atoms with Gasteiger partial charge in [0, 0.05) is 74.3 Å². The molecular formula is C55H76B3N3O6. The van der Waals surface area contributed by atoms with E-state index < -0.39 is 21.2 Å². The molecule has 0 aromatic heterocycles. The monoisotopic (exact) mass is 908 g/mol. The van der Waals surface area contributed by atoms with Crippen molar-refractivity contribution in [1.29, 1.82) is 0 Å². The molecule has 3 heterocycles. The zero-order valence-electron chi connectivity index (χ0n) is 40.8. The maximum absolute atomic E-state index is 9.68. The quantitative estimate of drug-likeness (QED) is 0.0942. The van der Waals surface area contributed by atoms with E-state index in [-0.39, 0.29) is 37.6 Å². The third-order valence-corrected chi connectivity index (χ3v) is 14.1. The Morgan fingerprint density at radius 2 is 0.642 bits per heavy atom. The Balaban J connectivity index is 0.000000139. The van der Waals surface area contributed by atoms with Gasteiger partial charge < -0.3 is 44.8 Å². The standard InChI is InChI=1S/3C11H16BNO2.2C11H14/c3*1-12(15)13-7-9(8-14)6-10-4-2-3-5-11(10)13;2*1-9-6-7-10-4-2-3-5-11(10)8-9/h3*2-5,9,14-15H,6-8H2,1H3;2*2-5,9H,6-8H2,1H3/t2*9-;;2*9-/m10.10/s1. The Hall–Kier alpha value is -4.55. The minimum Gasteiger partial charge on any atom is -0.432 e. The summed E-state index contributed by atoms with van der Waals surface area (Å²) in [5.74, 6) is 2.48. The minimum absolute atomic E-state index is 0.178. The van der Waals surface area contributed by atoms with Gasteiger partial charge in [-0.3, -0.25) is 0 Å². The average molecular weight is 908 g/mol. The summed E-state index contributed by atoms with van der Waals surface area (Å²) >= 11 is 0. The Kier molecular flexibility index (Phi) is 19.9. The molecule has 0 bridgehead atoms. The summed E-state index contributed by atoms with van der Waals surface area (Å²) in [7, 11) is -1.50. The number of benzene rings is 5. The molecular weight excluding hydrogens is 831 g/mol. The van der Waals surface area contributed by atoms with E-state index in [0.717, 1.165) is 67.8 Å². The molecule has 5 aromatic rings. The average Bonchev–Trinajstić information content (AvgIpc) is 3.35. The molecule has 0 radical (unpaired) electrons. The largest absolute Gasteiger partial charge is 0.432 e. The van der Waals surface area contributed by atoms with Crippen LogP contribution in [0.25, 0.3) is 0 Å². The molecule has 9 nitrogen and oxygen atoms in total. The van der Waals surface area contributed by atoms with Crippen LogP contribution >= 0.6 is 0 Å². The van der Waals surface area contributed by atoms with Crippen molar-refractivity contribution in [2.75, 3.05) is 53.9 Å². The summed E-state index contributed by atoms with van der Waals surface area (Å²) in [5.41, 5.74) is 13.2. The van der Waals surface area contributed by atoms with E-state index in [4.69, 9.17) is 0 Å². The van der Waals surface area contributed by atoms with Crippen LogP contribution in [-0.2, 0) is 44.9 Å². The topological polar surface area (TPSA) is 131 Å². The van der Waals surface area contributed by atoms with Crippen LogP contribution in [0.1, 0.15) is 65.6 Å². The summed E-state index contributed by atoms with van der Waals surface area (Å²) < 4.78 is 0. The van der Waals surface area contributed by atoms with Gasteiger partial charge in [0.05, 0.1) is 0 Å². The van der Waals surface area contributed by atoms with Crippen molar-refractivity contribution in [2.45, 2.75) is 92.1 Å². The predicted octanol–water partition coefficient (Wildman–Crippen LogP) is 7.93. The summed E-state index contributed by atoms with van der Waals surface area (Å²) in [6.45, 7) is 12.7. The fourth-order valence-electron chi connectivity index (χ4n) is 10.3. The highest BCUT2D eigenvalue weighted by Crippen LogP contribution is 2.32. The number of hydrogen-bond donors (Lipinski definition) is 6. The zero-order valence-corrected chi connectivity index (χ0v) is 40.8. The number of aliphatic hydroxyl groups is 3. The third-order valence-electron chi connectivity index (χ3n) is 14.1. The van der Waals surface area contributed by atoms with Gasteiger partial charge >= 0.3 is 21.2 Å². The number of aliphatic hydroxyl groups excluding tert-OH is 3. The third kappa shape index (κ3) is 14.5. The number of anilines is 3. The van der Waals surface area contributed by atoms with Crippen LogP contribution in [0.15, 0.2) is 121 Å². The number of hydrogen-bond acceptors (Lipinski definition) is 9. The van der Waals surface area contributed by atoms with Gasteiger partial charge in [-0.25, -0.2) is 0 Å². The molecule has 0 saturated carbocycles. The van der Waals surface area contributed by atoms with E-state index in [9.17, 15) is 30.4 Å². The molecule has 5 aromatic carbocycles. The second kappa shape index (κ2) is 25.7. The molecule has 12 heteroatoms. The Labute approximate surface area is 402 Å². The second-order valence-corrected chi connectivity index (χ2v) is 19.7. The van der Waals surface area contributed by atoms with E-state index in [1.54, 1.807) is 42.7 Å². The molecule has 0 fully saturated rings. The lowest BCUT2D eigenvalue weighted by atomic mass is 9.79. The van der Waals surface area contributed by atoms with Crippen LogP contribution in [0.3, 0.4) is 0 Å². The van der Waals surface area contributed by atoms with Crippen molar-refractivity contribution in [2.24, 2.45) is 29.6 Å². The van der Waals surface area contributed by atoms with E-state index >= 15 is 0 Å². The number of rotatable bonds is 6. The van der Waals surface area contributed by atoms with Gasteiger partial charge in [0.1, 0.15) is 0 Å². The zero-order chi connectivity index (χ0) is 47.9. The van der Waals surface area contributed by atoms with Crippen molar-refractivity contribution in [3.05, 3.63) is 160 Å². The number of aryl methyl sites for hydroxylation is 2. The number of para-hydroxylation sites is 3. The number of nitrogens with zero attached hydrogens (tertiary/aromatic N) is 3. The van der Waals surface area contributed by atoms with Crippen molar-refractivity contribution in [3.8, 4) is 0 Å². The highest BCUT2D eigenvalue weighted by atomic mass is 16.3. The molecule has 356 valence electrons. The lowest BCUT2D eigenvalue weighted by Gasteiger charge is -2.36. The normalized spacial score (nSPS) is 20.9. The highest BCUT2D eigenvalue weighted by Gasteiger charge is 2.30. The Bertz CT molecular complexity index is 2050. The van der Waals surface area contributed by atoms with Crippen molar-refractivity contribution in [3.63, 3.8) is 0 Å². The summed E-state index contributed by atoms with van der Waals surface area (Å²) in [6.07, 6.45) is 10.6. The summed E-state index contributed by atoms with van der Waals surface area (Å²) in [5, 5.41) is 56.7. The molecule has 3 aliphatic heterocycles. The van der Waals surface area contributed by atoms with Crippen LogP contribution in [0, 0.1) is 29.6 Å². The van der Waals surface area contributed by atoms with E-state index in [1.165, 1.54) is 55.2 Å². The van der Waals surface area contributed by atoms with Crippen LogP contribution in [0.2, 0.25) is 20.5 Å². The van der Waals surface area contributed by atoms with Crippen LogP contribution < -0.4 is 14.4 Å². The summed E-state index contributed by atoms with van der Waals surface area (Å²) in [6, 6.07) is 41.9. The van der Waals surface area contributed by atoms with Gasteiger partial charge in [-0.05, 0) is 147 Å². The predicted molar refractivity (Wildman–Crippen MR) is 281 cm³/mol. The van der Waals surface area contributed by atoms with Crippen molar-refractivity contribution in [1.82, 2.24) is 0 Å². The maximum atomic E-state index is 9.68. The first kappa shape index (κ1) is 51.8. The lowest BCUT2D eigenvalue weighted by Crippen LogP contribution is -2.45. The van der Waals surface area contributed by atoms with Gasteiger partial charge in [0.25, 0.3) is 0 Å². The van der Waals surface area contributed by atoms with Crippen molar-refractivity contribution >= 4 is 38.2 Å². The SMILES string of the molecule is CB(O)N1CC(CO)Cc2ccccc21.CB(O)N1C[C@@H](CO)Cc2ccccc21.CB(O)N1C[C@H](CO)Cc2ccccc21.C[C@@H]1CCc2ccccc2C1.C[C@H]1CCc2ccccc2C1. The van der Waals surface area contributed by atoms with Crippen molar-refractivity contribution < 1.29 is 30.4 Å². The summed E-state index contributed by atoms with van der Waals surface area (Å²) in [4.78, 5) is 5.83. The fourth-order valence-corrected chi connectivity index (χ4v) is 10.3. The smallest absolute Gasteiger partial charge is 0.409 e. The first-order valence-electron chi connectivity index (χ1n) is 24.9. The Morgan fingerprint density at radius 1 is 0.388 bits per heavy atom. The van der Waals surface area contributed by atoms with Crippen LogP contribution in [0.5, 0.6) is 0 Å². The second-order valence-electron chi connectivity index (χ2n) is 19.7. The molecule has 5 aliphatic rings. The maximum Gasteiger partial charge on any atom is 0.409 e. The molecule has 10 rings (SSSR count). The van der Waals surface area contributed by atoms with Gasteiger partial charge in [-0.2, -0.15) is 0 Å². The minimum atomic E-state index is -0.500. The van der Waals surface area contributed by atoms with Crippen LogP contribution in [-0.4, -0.2) is 91.0 Å². The molecule has 6 N–H and O–H groups in total. The molecule has 2 aliphatic carbocycles. The molecule has 0 saturated heterocycles. The first-order chi connectivity index (χ1) is 32.4. The lowest BCUT2D eigenvalue weighted by molar-refractivity contribution is 0.226. The van der Waals surface area contributed by atoms with Gasteiger partial charge in [0.15, 0.2) is 0 Å². The van der Waals surface area contributed by atoms with Crippen LogP contribution in [0.4, 0.5) is 17.1 Å². The molecule has 0 amide bonds. The molecule has 1 unspecified atom stereocenters. The van der Waals surface area contributed by atoms with E-state index in [2.05, 4.69) is 80.6 Å². The van der Waals surface area contributed by atoms with Gasteiger partial charge in [-0.1, -0.05) is 117 Å².